The first-order valence-electron chi connectivity index (χ1n) is 16.5. The number of carbonyl (C=O) groups is 3. The maximum atomic E-state index is 13.4. The highest BCUT2D eigenvalue weighted by Gasteiger charge is 2.34. The van der Waals surface area contributed by atoms with Gasteiger partial charge < -0.3 is 19.9 Å². The van der Waals surface area contributed by atoms with Crippen LogP contribution in [0.5, 0.6) is 0 Å². The van der Waals surface area contributed by atoms with Gasteiger partial charge in [-0.05, 0) is 91.8 Å². The Bertz CT molecular complexity index is 1720. The molecule has 1 aliphatic heterocycles. The zero-order chi connectivity index (χ0) is 35.0. The molecule has 0 bridgehead atoms. The molecule has 0 spiro atoms. The van der Waals surface area contributed by atoms with Crippen molar-refractivity contribution in [1.82, 2.24) is 4.90 Å². The number of hydrogen-bond acceptors (Lipinski definition) is 5. The fraction of sp³-hybridized carbons (Fsp3) is 0.308. The predicted molar refractivity (Wildman–Crippen MR) is 184 cm³/mol. The molecule has 4 aromatic rings. The summed E-state index contributed by atoms with van der Waals surface area (Å²) >= 11 is 0. The quantitative estimate of drug-likeness (QED) is 0.163. The second-order valence-corrected chi connectivity index (χ2v) is 12.0. The molecular formula is C39H40F3N3O4. The molecule has 2 amide bonds. The van der Waals surface area contributed by atoms with Crippen molar-refractivity contribution in [2.24, 2.45) is 5.92 Å². The Kier molecular flexibility index (Phi) is 11.4. The van der Waals surface area contributed by atoms with E-state index in [1.165, 1.54) is 12.1 Å². The number of ether oxygens (including phenoxy) is 1. The van der Waals surface area contributed by atoms with Crippen LogP contribution in [0.3, 0.4) is 0 Å². The molecule has 10 heteroatoms. The van der Waals surface area contributed by atoms with Crippen molar-refractivity contribution in [2.75, 3.05) is 43.0 Å². The number of halogens is 3. The number of alkyl halides is 3. The van der Waals surface area contributed by atoms with Gasteiger partial charge in [-0.15, -0.1) is 0 Å². The number of esters is 1. The Labute approximate surface area is 284 Å². The van der Waals surface area contributed by atoms with Crippen LogP contribution in [0.25, 0.3) is 11.1 Å². The molecule has 0 saturated carbocycles. The van der Waals surface area contributed by atoms with Crippen LogP contribution in [0, 0.1) is 5.92 Å². The Morgan fingerprint density at radius 3 is 2.06 bits per heavy atom. The molecule has 1 aliphatic rings. The van der Waals surface area contributed by atoms with E-state index in [-0.39, 0.29) is 30.3 Å². The SMILES string of the molecule is CCN(CC)C(=O)COC(=O)C(c1ccccc1)C1CCN(c2ccc(NC(=O)c3ccccc3-c3ccc(C(F)(F)F)cc3)cc2)CC1. The number of carbonyl (C=O) groups excluding carboxylic acids is 3. The third kappa shape index (κ3) is 8.68. The molecule has 1 atom stereocenters. The molecule has 0 aliphatic carbocycles. The number of benzene rings is 4. The third-order valence-electron chi connectivity index (χ3n) is 9.06. The molecule has 1 unspecified atom stereocenters. The van der Waals surface area contributed by atoms with E-state index in [2.05, 4.69) is 10.2 Å². The first-order valence-corrected chi connectivity index (χ1v) is 16.5. The molecule has 1 N–H and O–H groups in total. The average molecular weight is 672 g/mol. The molecule has 1 saturated heterocycles. The van der Waals surface area contributed by atoms with Gasteiger partial charge in [0.05, 0.1) is 11.5 Å². The summed E-state index contributed by atoms with van der Waals surface area (Å²) in [5.74, 6) is -1.40. The van der Waals surface area contributed by atoms with Gasteiger partial charge in [0.25, 0.3) is 11.8 Å². The van der Waals surface area contributed by atoms with Crippen LogP contribution >= 0.6 is 0 Å². The molecule has 5 rings (SSSR count). The number of nitrogens with zero attached hydrogens (tertiary/aromatic N) is 2. The van der Waals surface area contributed by atoms with Gasteiger partial charge in [-0.1, -0.05) is 60.7 Å². The zero-order valence-corrected chi connectivity index (χ0v) is 27.6. The Hall–Kier alpha value is -5.12. The lowest BCUT2D eigenvalue weighted by Gasteiger charge is -2.36. The highest BCUT2D eigenvalue weighted by atomic mass is 19.4. The Morgan fingerprint density at radius 2 is 1.45 bits per heavy atom. The topological polar surface area (TPSA) is 79.0 Å². The Morgan fingerprint density at radius 1 is 0.837 bits per heavy atom. The van der Waals surface area contributed by atoms with Crippen LogP contribution < -0.4 is 10.2 Å². The molecule has 7 nitrogen and oxygen atoms in total. The summed E-state index contributed by atoms with van der Waals surface area (Å²) in [6.45, 7) is 6.05. The minimum atomic E-state index is -4.44. The van der Waals surface area contributed by atoms with E-state index in [9.17, 15) is 27.6 Å². The number of amides is 2. The van der Waals surface area contributed by atoms with E-state index in [1.807, 2.05) is 68.4 Å². The lowest BCUT2D eigenvalue weighted by atomic mass is 9.80. The fourth-order valence-corrected chi connectivity index (χ4v) is 6.37. The van der Waals surface area contributed by atoms with Crippen LogP contribution in [0.15, 0.2) is 103 Å². The van der Waals surface area contributed by atoms with Gasteiger partial charge in [0.15, 0.2) is 6.61 Å². The summed E-state index contributed by atoms with van der Waals surface area (Å²) in [7, 11) is 0. The number of likely N-dealkylation sites (N-methyl/N-ethyl adjacent to an activating group) is 1. The highest BCUT2D eigenvalue weighted by molar-refractivity contribution is 6.08. The molecule has 49 heavy (non-hydrogen) atoms. The minimum Gasteiger partial charge on any atom is -0.455 e. The predicted octanol–water partition coefficient (Wildman–Crippen LogP) is 8.04. The summed E-state index contributed by atoms with van der Waals surface area (Å²) in [5, 5.41) is 2.91. The van der Waals surface area contributed by atoms with Crippen molar-refractivity contribution in [1.29, 1.82) is 0 Å². The van der Waals surface area contributed by atoms with E-state index in [0.29, 0.717) is 48.6 Å². The van der Waals surface area contributed by atoms with Crippen molar-refractivity contribution < 1.29 is 32.3 Å². The molecule has 1 heterocycles. The normalized spacial score (nSPS) is 14.2. The maximum Gasteiger partial charge on any atom is 0.416 e. The lowest BCUT2D eigenvalue weighted by molar-refractivity contribution is -0.154. The van der Waals surface area contributed by atoms with Gasteiger partial charge in [-0.3, -0.25) is 14.4 Å². The number of rotatable bonds is 11. The first-order chi connectivity index (χ1) is 23.6. The first kappa shape index (κ1) is 35.2. The molecular weight excluding hydrogens is 631 g/mol. The summed E-state index contributed by atoms with van der Waals surface area (Å²) in [5.41, 5.74) is 3.07. The fourth-order valence-electron chi connectivity index (χ4n) is 6.37. The summed E-state index contributed by atoms with van der Waals surface area (Å²) in [6.07, 6.45) is -2.94. The Balaban J connectivity index is 1.21. The van der Waals surface area contributed by atoms with Gasteiger partial charge in [0, 0.05) is 43.1 Å². The number of anilines is 2. The van der Waals surface area contributed by atoms with Crippen molar-refractivity contribution in [3.8, 4) is 11.1 Å². The van der Waals surface area contributed by atoms with Crippen molar-refractivity contribution in [3.05, 3.63) is 120 Å². The average Bonchev–Trinajstić information content (AvgIpc) is 3.12. The standard InChI is InChI=1S/C39H40F3N3O4/c1-3-44(4-2)35(46)26-49-38(48)36(28-10-6-5-7-11-28)29-22-24-45(25-23-29)32-20-18-31(19-21-32)43-37(47)34-13-9-8-12-33(34)27-14-16-30(17-15-27)39(40,41)42/h5-21,29,36H,3-4,22-26H2,1-2H3,(H,43,47). The van der Waals surface area contributed by atoms with Crippen LogP contribution in [0.4, 0.5) is 24.5 Å². The van der Waals surface area contributed by atoms with Crippen molar-refractivity contribution >= 4 is 29.2 Å². The van der Waals surface area contributed by atoms with Gasteiger partial charge in [0.2, 0.25) is 0 Å². The third-order valence-corrected chi connectivity index (χ3v) is 9.06. The van der Waals surface area contributed by atoms with Crippen LogP contribution in [-0.2, 0) is 20.5 Å². The highest BCUT2D eigenvalue weighted by Crippen LogP contribution is 2.36. The summed E-state index contributed by atoms with van der Waals surface area (Å²) in [4.78, 5) is 43.1. The van der Waals surface area contributed by atoms with Crippen LogP contribution in [0.2, 0.25) is 0 Å². The number of nitrogens with one attached hydrogen (secondary N) is 1. The second-order valence-electron chi connectivity index (χ2n) is 12.0. The summed E-state index contributed by atoms with van der Waals surface area (Å²) in [6, 6.07) is 28.6. The second kappa shape index (κ2) is 15.9. The minimum absolute atomic E-state index is 0.0398. The van der Waals surface area contributed by atoms with E-state index in [4.69, 9.17) is 4.74 Å². The van der Waals surface area contributed by atoms with Gasteiger partial charge in [-0.25, -0.2) is 0 Å². The number of piperidine rings is 1. The van der Waals surface area contributed by atoms with E-state index >= 15 is 0 Å². The lowest BCUT2D eigenvalue weighted by Crippen LogP contribution is -2.39. The largest absolute Gasteiger partial charge is 0.455 e. The van der Waals surface area contributed by atoms with Crippen molar-refractivity contribution in [3.63, 3.8) is 0 Å². The van der Waals surface area contributed by atoms with E-state index < -0.39 is 17.7 Å². The smallest absolute Gasteiger partial charge is 0.416 e. The van der Waals surface area contributed by atoms with Crippen LogP contribution in [0.1, 0.15) is 54.1 Å². The zero-order valence-electron chi connectivity index (χ0n) is 27.6. The van der Waals surface area contributed by atoms with E-state index in [1.54, 1.807) is 29.2 Å². The van der Waals surface area contributed by atoms with Gasteiger partial charge in [0.1, 0.15) is 0 Å². The van der Waals surface area contributed by atoms with Gasteiger partial charge in [-0.2, -0.15) is 13.2 Å². The molecule has 4 aromatic carbocycles. The van der Waals surface area contributed by atoms with E-state index in [0.717, 1.165) is 36.2 Å². The molecule has 0 aromatic heterocycles. The molecule has 1 fully saturated rings. The van der Waals surface area contributed by atoms with Crippen molar-refractivity contribution in [2.45, 2.75) is 38.8 Å². The monoisotopic (exact) mass is 671 g/mol. The van der Waals surface area contributed by atoms with Crippen LogP contribution in [-0.4, -0.2) is 55.5 Å². The van der Waals surface area contributed by atoms with Gasteiger partial charge >= 0.3 is 12.1 Å². The molecule has 256 valence electrons. The molecule has 0 radical (unpaired) electrons. The maximum absolute atomic E-state index is 13.4. The number of hydrogen-bond donors (Lipinski definition) is 1. The summed E-state index contributed by atoms with van der Waals surface area (Å²) < 4.78 is 44.7.